The molecule has 0 saturated carbocycles. The van der Waals surface area contributed by atoms with E-state index in [1.807, 2.05) is 29.7 Å². The molecule has 2 aromatic heterocycles. The predicted molar refractivity (Wildman–Crippen MR) is 62.1 cm³/mol. The van der Waals surface area contributed by atoms with Crippen LogP contribution >= 0.6 is 39.1 Å². The highest BCUT2D eigenvalue weighted by atomic mass is 79.9. The van der Waals surface area contributed by atoms with Gasteiger partial charge in [0, 0.05) is 6.20 Å². The minimum absolute atomic E-state index is 0.607. The van der Waals surface area contributed by atoms with Gasteiger partial charge in [0.05, 0.1) is 0 Å². The fourth-order valence-corrected chi connectivity index (χ4v) is 2.46. The van der Waals surface area contributed by atoms with Gasteiger partial charge in [0.1, 0.15) is 15.9 Å². The molecule has 0 spiro atoms. The van der Waals surface area contributed by atoms with Crippen LogP contribution in [-0.4, -0.2) is 9.38 Å². The Morgan fingerprint density at radius 2 is 2.21 bits per heavy atom. The average Bonchev–Trinajstić information content (AvgIpc) is 2.43. The van der Waals surface area contributed by atoms with Gasteiger partial charge < -0.3 is 0 Å². The van der Waals surface area contributed by atoms with E-state index in [2.05, 4.69) is 20.9 Å². The SMILES string of the molecule is Cc1ccn2c(Br)c(C(Cl)Cl)nc2c1. The summed E-state index contributed by atoms with van der Waals surface area (Å²) >= 11 is 15.0. The minimum atomic E-state index is -0.607. The smallest absolute Gasteiger partial charge is 0.152 e. The molecule has 0 fully saturated rings. The van der Waals surface area contributed by atoms with E-state index in [9.17, 15) is 0 Å². The maximum Gasteiger partial charge on any atom is 0.152 e. The van der Waals surface area contributed by atoms with E-state index < -0.39 is 4.84 Å². The molecule has 2 aromatic rings. The van der Waals surface area contributed by atoms with Crippen molar-refractivity contribution in [3.63, 3.8) is 0 Å². The first-order chi connectivity index (χ1) is 6.59. The van der Waals surface area contributed by atoms with Crippen LogP contribution in [-0.2, 0) is 0 Å². The van der Waals surface area contributed by atoms with Gasteiger partial charge in [-0.1, -0.05) is 23.2 Å². The molecule has 0 bridgehead atoms. The number of imidazole rings is 1. The van der Waals surface area contributed by atoms with E-state index in [1.165, 1.54) is 0 Å². The molecular weight excluding hydrogens is 287 g/mol. The van der Waals surface area contributed by atoms with Crippen LogP contribution in [0.25, 0.3) is 5.65 Å². The lowest BCUT2D eigenvalue weighted by Gasteiger charge is -1.96. The first-order valence-corrected chi connectivity index (χ1v) is 5.68. The molecule has 0 aliphatic carbocycles. The molecule has 5 heteroatoms. The largest absolute Gasteiger partial charge is 0.294 e. The predicted octanol–water partition coefficient (Wildman–Crippen LogP) is 3.88. The first-order valence-electron chi connectivity index (χ1n) is 4.02. The van der Waals surface area contributed by atoms with Crippen molar-refractivity contribution in [1.29, 1.82) is 0 Å². The van der Waals surface area contributed by atoms with Gasteiger partial charge in [0.25, 0.3) is 0 Å². The molecule has 2 rings (SSSR count). The van der Waals surface area contributed by atoms with Crippen LogP contribution in [0.3, 0.4) is 0 Å². The average molecular weight is 294 g/mol. The number of nitrogens with zero attached hydrogens (tertiary/aromatic N) is 2. The molecule has 0 atom stereocenters. The third kappa shape index (κ3) is 1.64. The number of hydrogen-bond acceptors (Lipinski definition) is 1. The molecule has 0 saturated heterocycles. The van der Waals surface area contributed by atoms with E-state index in [0.29, 0.717) is 5.69 Å². The zero-order chi connectivity index (χ0) is 10.3. The van der Waals surface area contributed by atoms with Crippen LogP contribution in [0.2, 0.25) is 0 Å². The summed E-state index contributed by atoms with van der Waals surface area (Å²) in [6.45, 7) is 2.02. The maximum absolute atomic E-state index is 5.78. The van der Waals surface area contributed by atoms with Crippen molar-refractivity contribution in [3.8, 4) is 0 Å². The summed E-state index contributed by atoms with van der Waals surface area (Å²) < 4.78 is 2.71. The lowest BCUT2D eigenvalue weighted by Crippen LogP contribution is -1.85. The van der Waals surface area contributed by atoms with Gasteiger partial charge in [-0.15, -0.1) is 0 Å². The Morgan fingerprint density at radius 3 is 2.86 bits per heavy atom. The van der Waals surface area contributed by atoms with E-state index >= 15 is 0 Å². The highest BCUT2D eigenvalue weighted by Gasteiger charge is 2.15. The van der Waals surface area contributed by atoms with Crippen LogP contribution in [0.15, 0.2) is 22.9 Å². The topological polar surface area (TPSA) is 17.3 Å². The molecule has 0 aliphatic rings. The Morgan fingerprint density at radius 1 is 1.50 bits per heavy atom. The molecule has 74 valence electrons. The van der Waals surface area contributed by atoms with E-state index in [-0.39, 0.29) is 0 Å². The van der Waals surface area contributed by atoms with Gasteiger partial charge in [-0.3, -0.25) is 4.40 Å². The standard InChI is InChI=1S/C9H7BrCl2N2/c1-5-2-3-14-6(4-5)13-7(8(14)10)9(11)12/h2-4,9H,1H3. The van der Waals surface area contributed by atoms with Crippen molar-refractivity contribution in [3.05, 3.63) is 34.2 Å². The molecular formula is C9H7BrCl2N2. The molecule has 0 radical (unpaired) electrons. The molecule has 0 aromatic carbocycles. The minimum Gasteiger partial charge on any atom is -0.294 e. The van der Waals surface area contributed by atoms with E-state index in [4.69, 9.17) is 23.2 Å². The summed E-state index contributed by atoms with van der Waals surface area (Å²) in [5.41, 5.74) is 2.65. The fourth-order valence-electron chi connectivity index (χ4n) is 1.27. The van der Waals surface area contributed by atoms with Gasteiger partial charge in [0.2, 0.25) is 0 Å². The van der Waals surface area contributed by atoms with Crippen LogP contribution in [0, 0.1) is 6.92 Å². The Hall–Kier alpha value is -0.250. The lowest BCUT2D eigenvalue weighted by atomic mass is 10.3. The summed E-state index contributed by atoms with van der Waals surface area (Å²) in [6.07, 6.45) is 1.93. The van der Waals surface area contributed by atoms with Crippen molar-refractivity contribution in [1.82, 2.24) is 9.38 Å². The quantitative estimate of drug-likeness (QED) is 0.729. The molecule has 0 aliphatic heterocycles. The first kappa shape index (κ1) is 10.3. The van der Waals surface area contributed by atoms with Crippen LogP contribution < -0.4 is 0 Å². The number of alkyl halides is 2. The van der Waals surface area contributed by atoms with Gasteiger partial charge in [0.15, 0.2) is 4.84 Å². The van der Waals surface area contributed by atoms with Gasteiger partial charge >= 0.3 is 0 Å². The molecule has 2 heterocycles. The number of fused-ring (bicyclic) bond motifs is 1. The zero-order valence-corrected chi connectivity index (χ0v) is 10.4. The maximum atomic E-state index is 5.78. The normalized spacial score (nSPS) is 11.5. The summed E-state index contributed by atoms with van der Waals surface area (Å²) in [6, 6.07) is 3.98. The number of hydrogen-bond donors (Lipinski definition) is 0. The molecule has 0 N–H and O–H groups in total. The van der Waals surface area contributed by atoms with E-state index in [0.717, 1.165) is 15.8 Å². The Labute approximate surface area is 100.0 Å². The number of halogens is 3. The highest BCUT2D eigenvalue weighted by molar-refractivity contribution is 9.10. The summed E-state index contributed by atoms with van der Waals surface area (Å²) in [5, 5.41) is 0. The van der Waals surface area contributed by atoms with Gasteiger partial charge in [-0.25, -0.2) is 4.98 Å². The monoisotopic (exact) mass is 292 g/mol. The summed E-state index contributed by atoms with van der Waals surface area (Å²) in [5.74, 6) is 0. The third-order valence-electron chi connectivity index (χ3n) is 1.95. The number of aromatic nitrogens is 2. The van der Waals surface area contributed by atoms with Crippen molar-refractivity contribution in [2.75, 3.05) is 0 Å². The van der Waals surface area contributed by atoms with Crippen LogP contribution in [0.4, 0.5) is 0 Å². The molecule has 14 heavy (non-hydrogen) atoms. The second kappa shape index (κ2) is 3.72. The molecule has 0 amide bonds. The number of aryl methyl sites for hydroxylation is 1. The zero-order valence-electron chi connectivity index (χ0n) is 7.34. The molecule has 0 unspecified atom stereocenters. The van der Waals surface area contributed by atoms with Gasteiger partial charge in [-0.2, -0.15) is 0 Å². The number of pyridine rings is 1. The van der Waals surface area contributed by atoms with Crippen molar-refractivity contribution in [2.45, 2.75) is 11.8 Å². The highest BCUT2D eigenvalue weighted by Crippen LogP contribution is 2.31. The third-order valence-corrected chi connectivity index (χ3v) is 3.16. The van der Waals surface area contributed by atoms with Gasteiger partial charge in [-0.05, 0) is 40.5 Å². The summed E-state index contributed by atoms with van der Waals surface area (Å²) in [4.78, 5) is 3.72. The second-order valence-electron chi connectivity index (χ2n) is 3.02. The fraction of sp³-hybridized carbons (Fsp3) is 0.222. The van der Waals surface area contributed by atoms with E-state index in [1.54, 1.807) is 0 Å². The Bertz CT molecular complexity index is 479. The number of rotatable bonds is 1. The van der Waals surface area contributed by atoms with Crippen molar-refractivity contribution < 1.29 is 0 Å². The lowest BCUT2D eigenvalue weighted by molar-refractivity contribution is 1.12. The Kier molecular flexibility index (Phi) is 2.73. The Balaban J connectivity index is 2.73. The summed E-state index contributed by atoms with van der Waals surface area (Å²) in [7, 11) is 0. The molecule has 2 nitrogen and oxygen atoms in total. The van der Waals surface area contributed by atoms with Crippen LogP contribution in [0.1, 0.15) is 16.1 Å². The van der Waals surface area contributed by atoms with Crippen molar-refractivity contribution >= 4 is 44.8 Å². The van der Waals surface area contributed by atoms with Crippen LogP contribution in [0.5, 0.6) is 0 Å². The second-order valence-corrected chi connectivity index (χ2v) is 4.87. The van der Waals surface area contributed by atoms with Crippen molar-refractivity contribution in [2.24, 2.45) is 0 Å².